The summed E-state index contributed by atoms with van der Waals surface area (Å²) in [5.41, 5.74) is 4.11. The molecule has 0 spiro atoms. The van der Waals surface area contributed by atoms with Crippen molar-refractivity contribution >= 4 is 28.7 Å². The van der Waals surface area contributed by atoms with E-state index < -0.39 is 0 Å². The van der Waals surface area contributed by atoms with Crippen LogP contribution < -0.4 is 9.47 Å². The Morgan fingerprint density at radius 2 is 2.10 bits per heavy atom. The van der Waals surface area contributed by atoms with E-state index in [4.69, 9.17) is 9.47 Å². The number of rotatable bonds is 6. The Balaban J connectivity index is 1.49. The molecule has 2 heterocycles. The number of H-pyrrole nitrogens is 1. The molecule has 1 unspecified atom stereocenters. The molecule has 1 aromatic heterocycles. The van der Waals surface area contributed by atoms with Gasteiger partial charge in [-0.3, -0.25) is 4.79 Å². The molecule has 0 radical (unpaired) electrons. The number of methoxy groups -OCH3 is 2. The Morgan fingerprint density at radius 3 is 2.90 bits per heavy atom. The number of nitrogens with one attached hydrogen (secondary N) is 1. The molecule has 1 atom stereocenters. The van der Waals surface area contributed by atoms with Gasteiger partial charge in [0.1, 0.15) is 11.5 Å². The molecule has 0 aliphatic carbocycles. The maximum absolute atomic E-state index is 13.0. The molecule has 1 saturated heterocycles. The molecule has 152 valence electrons. The summed E-state index contributed by atoms with van der Waals surface area (Å²) in [6.07, 6.45) is 1.90. The van der Waals surface area contributed by atoms with Crippen molar-refractivity contribution in [2.24, 2.45) is 0 Å². The highest BCUT2D eigenvalue weighted by Gasteiger charge is 2.32. The van der Waals surface area contributed by atoms with Gasteiger partial charge < -0.3 is 19.4 Å². The summed E-state index contributed by atoms with van der Waals surface area (Å²) in [6.45, 7) is 2.81. The number of thioether (sulfide) groups is 1. The number of imidazole rings is 1. The van der Waals surface area contributed by atoms with Crippen LogP contribution >= 0.6 is 11.8 Å². The van der Waals surface area contributed by atoms with Crippen LogP contribution in [-0.4, -0.2) is 47.3 Å². The number of aryl methyl sites for hydroxylation is 1. The lowest BCUT2D eigenvalue weighted by Crippen LogP contribution is -2.32. The normalized spacial score (nSPS) is 16.4. The van der Waals surface area contributed by atoms with Gasteiger partial charge in [-0.2, -0.15) is 0 Å². The van der Waals surface area contributed by atoms with Gasteiger partial charge in [0.2, 0.25) is 5.91 Å². The number of nitrogens with zero attached hydrogens (tertiary/aromatic N) is 2. The van der Waals surface area contributed by atoms with Crippen molar-refractivity contribution in [2.45, 2.75) is 31.0 Å². The maximum atomic E-state index is 13.0. The third kappa shape index (κ3) is 4.05. The van der Waals surface area contributed by atoms with E-state index in [-0.39, 0.29) is 11.9 Å². The highest BCUT2D eigenvalue weighted by Crippen LogP contribution is 2.39. The first-order chi connectivity index (χ1) is 14.1. The fourth-order valence-corrected chi connectivity index (χ4v) is 4.64. The fourth-order valence-electron chi connectivity index (χ4n) is 3.87. The predicted octanol–water partition coefficient (Wildman–Crippen LogP) is 4.34. The molecule has 29 heavy (non-hydrogen) atoms. The number of carbonyl (C=O) groups is 1. The van der Waals surface area contributed by atoms with E-state index in [9.17, 15) is 4.79 Å². The Kier molecular flexibility index (Phi) is 5.67. The molecule has 1 fully saturated rings. The van der Waals surface area contributed by atoms with E-state index in [1.54, 1.807) is 14.2 Å². The van der Waals surface area contributed by atoms with Crippen molar-refractivity contribution in [3.63, 3.8) is 0 Å². The minimum atomic E-state index is 0.00599. The molecular formula is C22H25N3O3S. The summed E-state index contributed by atoms with van der Waals surface area (Å²) < 4.78 is 10.9. The molecule has 0 saturated carbocycles. The molecule has 1 aliphatic heterocycles. The second-order valence-corrected chi connectivity index (χ2v) is 8.17. The SMILES string of the molecule is COc1ccc(OC)c(C2CCCN2C(=O)CSc2nc3ccc(C)cc3[nH]2)c1. The monoisotopic (exact) mass is 411 g/mol. The molecule has 3 aromatic rings. The number of aromatic nitrogens is 2. The third-order valence-electron chi connectivity index (χ3n) is 5.32. The van der Waals surface area contributed by atoms with Gasteiger partial charge in [0, 0.05) is 12.1 Å². The lowest BCUT2D eigenvalue weighted by atomic mass is 10.0. The number of carbonyl (C=O) groups excluding carboxylic acids is 1. The van der Waals surface area contributed by atoms with Crippen LogP contribution in [0.3, 0.4) is 0 Å². The predicted molar refractivity (Wildman–Crippen MR) is 115 cm³/mol. The molecule has 4 rings (SSSR count). The molecule has 0 bridgehead atoms. The smallest absolute Gasteiger partial charge is 0.233 e. The summed E-state index contributed by atoms with van der Waals surface area (Å²) in [5, 5.41) is 0.772. The number of benzene rings is 2. The van der Waals surface area contributed by atoms with Crippen LogP contribution in [0.1, 0.15) is 30.0 Å². The quantitative estimate of drug-likeness (QED) is 0.611. The van der Waals surface area contributed by atoms with Crippen molar-refractivity contribution < 1.29 is 14.3 Å². The lowest BCUT2D eigenvalue weighted by Gasteiger charge is -2.26. The highest BCUT2D eigenvalue weighted by molar-refractivity contribution is 7.99. The van der Waals surface area contributed by atoms with Crippen LogP contribution in [0, 0.1) is 6.92 Å². The molecule has 1 N–H and O–H groups in total. The van der Waals surface area contributed by atoms with E-state index in [1.807, 2.05) is 35.2 Å². The van der Waals surface area contributed by atoms with Gasteiger partial charge in [0.25, 0.3) is 0 Å². The van der Waals surface area contributed by atoms with Crippen LogP contribution in [-0.2, 0) is 4.79 Å². The maximum Gasteiger partial charge on any atom is 0.233 e. The largest absolute Gasteiger partial charge is 0.497 e. The lowest BCUT2D eigenvalue weighted by molar-refractivity contribution is -0.129. The molecule has 2 aromatic carbocycles. The number of amides is 1. The molecule has 1 aliphatic rings. The van der Waals surface area contributed by atoms with Gasteiger partial charge in [-0.15, -0.1) is 0 Å². The second-order valence-electron chi connectivity index (χ2n) is 7.20. The van der Waals surface area contributed by atoms with Crippen molar-refractivity contribution in [2.75, 3.05) is 26.5 Å². The fraction of sp³-hybridized carbons (Fsp3) is 0.364. The second kappa shape index (κ2) is 8.37. The van der Waals surface area contributed by atoms with E-state index in [2.05, 4.69) is 23.0 Å². The van der Waals surface area contributed by atoms with Gasteiger partial charge in [-0.1, -0.05) is 17.8 Å². The number of hydrogen-bond donors (Lipinski definition) is 1. The average Bonchev–Trinajstić information content (AvgIpc) is 3.38. The minimum Gasteiger partial charge on any atom is -0.497 e. The van der Waals surface area contributed by atoms with Gasteiger partial charge in [-0.25, -0.2) is 4.98 Å². The van der Waals surface area contributed by atoms with Gasteiger partial charge in [0.05, 0.1) is 37.0 Å². The van der Waals surface area contributed by atoms with E-state index >= 15 is 0 Å². The Bertz CT molecular complexity index is 1030. The summed E-state index contributed by atoms with van der Waals surface area (Å²) in [4.78, 5) is 22.9. The number of hydrogen-bond acceptors (Lipinski definition) is 5. The van der Waals surface area contributed by atoms with Crippen molar-refractivity contribution in [3.05, 3.63) is 47.5 Å². The van der Waals surface area contributed by atoms with Crippen LogP contribution in [0.2, 0.25) is 0 Å². The number of aromatic amines is 1. The zero-order valence-electron chi connectivity index (χ0n) is 16.9. The minimum absolute atomic E-state index is 0.00599. The summed E-state index contributed by atoms with van der Waals surface area (Å²) in [6, 6.07) is 11.9. The Labute approximate surface area is 174 Å². The van der Waals surface area contributed by atoms with Crippen molar-refractivity contribution in [3.8, 4) is 11.5 Å². The van der Waals surface area contributed by atoms with Crippen LogP contribution in [0.4, 0.5) is 0 Å². The highest BCUT2D eigenvalue weighted by atomic mass is 32.2. The van der Waals surface area contributed by atoms with Crippen molar-refractivity contribution in [1.82, 2.24) is 14.9 Å². The zero-order valence-corrected chi connectivity index (χ0v) is 17.7. The van der Waals surface area contributed by atoms with Crippen molar-refractivity contribution in [1.29, 1.82) is 0 Å². The van der Waals surface area contributed by atoms with Gasteiger partial charge in [0.15, 0.2) is 5.16 Å². The Hall–Kier alpha value is -2.67. The average molecular weight is 412 g/mol. The summed E-state index contributed by atoms with van der Waals surface area (Å²) in [5.74, 6) is 2.02. The van der Waals surface area contributed by atoms with E-state index in [1.165, 1.54) is 17.3 Å². The first-order valence-electron chi connectivity index (χ1n) is 9.69. The topological polar surface area (TPSA) is 67.5 Å². The van der Waals surface area contributed by atoms with Gasteiger partial charge >= 0.3 is 0 Å². The summed E-state index contributed by atoms with van der Waals surface area (Å²) in [7, 11) is 3.31. The van der Waals surface area contributed by atoms with Gasteiger partial charge in [-0.05, 0) is 55.7 Å². The van der Waals surface area contributed by atoms with Crippen LogP contribution in [0.25, 0.3) is 11.0 Å². The number of ether oxygens (including phenoxy) is 2. The van der Waals surface area contributed by atoms with Crippen LogP contribution in [0.15, 0.2) is 41.6 Å². The molecular weight excluding hydrogens is 386 g/mol. The van der Waals surface area contributed by atoms with E-state index in [0.29, 0.717) is 5.75 Å². The Morgan fingerprint density at radius 1 is 1.24 bits per heavy atom. The van der Waals surface area contributed by atoms with E-state index in [0.717, 1.165) is 52.6 Å². The van der Waals surface area contributed by atoms with Crippen LogP contribution in [0.5, 0.6) is 11.5 Å². The summed E-state index contributed by atoms with van der Waals surface area (Å²) >= 11 is 1.45. The third-order valence-corrected chi connectivity index (χ3v) is 6.18. The molecule has 6 nitrogen and oxygen atoms in total. The molecule has 1 amide bonds. The zero-order chi connectivity index (χ0) is 20.4. The molecule has 7 heteroatoms. The first-order valence-corrected chi connectivity index (χ1v) is 10.7. The standard InChI is InChI=1S/C22H25N3O3S/c1-14-6-8-17-18(11-14)24-22(23-17)29-13-21(26)25-10-4-5-19(25)16-12-15(27-2)7-9-20(16)28-3/h6-9,11-12,19H,4-5,10,13H2,1-3H3,(H,23,24). The number of fused-ring (bicyclic) bond motifs is 1. The number of likely N-dealkylation sites (tertiary alicyclic amines) is 1. The first kappa shape index (κ1) is 19.6.